The van der Waals surface area contributed by atoms with Crippen LogP contribution in [-0.2, 0) is 19.7 Å². The minimum Gasteiger partial charge on any atom is -0.481 e. The summed E-state index contributed by atoms with van der Waals surface area (Å²) in [6, 6.07) is 0. The number of hydrogen-bond acceptors (Lipinski definition) is 5. The number of amides is 1. The maximum Gasteiger partial charge on any atom is 0.303 e. The van der Waals surface area contributed by atoms with Gasteiger partial charge in [-0.15, -0.1) is 0 Å². The summed E-state index contributed by atoms with van der Waals surface area (Å²) in [5.74, 6) is -1.32. The normalized spacial score (nSPS) is 11.6. The van der Waals surface area contributed by atoms with E-state index in [1.54, 1.807) is 0 Å². The molecule has 0 saturated heterocycles. The van der Waals surface area contributed by atoms with Crippen LogP contribution in [0.25, 0.3) is 0 Å². The van der Waals surface area contributed by atoms with Crippen molar-refractivity contribution in [3.05, 3.63) is 0 Å². The zero-order chi connectivity index (χ0) is 16.3. The zero-order valence-corrected chi connectivity index (χ0v) is 13.1. The van der Waals surface area contributed by atoms with Crippen LogP contribution in [0, 0.1) is 0 Å². The van der Waals surface area contributed by atoms with E-state index in [4.69, 9.17) is 9.66 Å². The van der Waals surface area contributed by atoms with Gasteiger partial charge in [0.05, 0.1) is 5.75 Å². The first-order valence-electron chi connectivity index (χ1n) is 6.83. The Morgan fingerprint density at radius 2 is 1.71 bits per heavy atom. The summed E-state index contributed by atoms with van der Waals surface area (Å²) in [5.41, 5.74) is 0. The number of nitrogens with one attached hydrogen (secondary N) is 1. The van der Waals surface area contributed by atoms with E-state index in [9.17, 15) is 18.0 Å². The van der Waals surface area contributed by atoms with Gasteiger partial charge >= 0.3 is 5.97 Å². The summed E-state index contributed by atoms with van der Waals surface area (Å²) in [6.07, 6.45) is 1.60. The average molecular weight is 324 g/mol. The molecule has 124 valence electrons. The predicted molar refractivity (Wildman–Crippen MR) is 77.6 cm³/mol. The quantitative estimate of drug-likeness (QED) is 0.340. The second kappa shape index (κ2) is 10.5. The van der Waals surface area contributed by atoms with Crippen molar-refractivity contribution in [2.24, 2.45) is 0 Å². The van der Waals surface area contributed by atoms with Crippen molar-refractivity contribution < 1.29 is 27.7 Å². The minimum atomic E-state index is -3.90. The summed E-state index contributed by atoms with van der Waals surface area (Å²) < 4.78 is 29.6. The van der Waals surface area contributed by atoms with Gasteiger partial charge in [-0.3, -0.25) is 14.1 Å². The van der Waals surface area contributed by atoms with E-state index in [1.807, 2.05) is 11.9 Å². The van der Waals surface area contributed by atoms with E-state index < -0.39 is 16.1 Å². The highest BCUT2D eigenvalue weighted by atomic mass is 32.2. The van der Waals surface area contributed by atoms with Crippen molar-refractivity contribution in [2.75, 3.05) is 32.4 Å². The molecule has 0 aliphatic heterocycles. The van der Waals surface area contributed by atoms with Gasteiger partial charge in [-0.25, -0.2) is 0 Å². The molecule has 0 aromatic rings. The molecule has 0 atom stereocenters. The molecule has 0 aromatic heterocycles. The van der Waals surface area contributed by atoms with Crippen LogP contribution in [0.2, 0.25) is 0 Å². The molecule has 0 aliphatic carbocycles. The van der Waals surface area contributed by atoms with Gasteiger partial charge in [0, 0.05) is 19.4 Å². The Morgan fingerprint density at radius 3 is 2.29 bits per heavy atom. The van der Waals surface area contributed by atoms with E-state index in [2.05, 4.69) is 5.32 Å². The summed E-state index contributed by atoms with van der Waals surface area (Å²) in [6.45, 7) is 1.74. The Hall–Kier alpha value is -1.19. The molecular weight excluding hydrogens is 300 g/mol. The fourth-order valence-electron chi connectivity index (χ4n) is 1.69. The van der Waals surface area contributed by atoms with Gasteiger partial charge in [-0.2, -0.15) is 8.42 Å². The first kappa shape index (κ1) is 19.8. The third-order valence-electron chi connectivity index (χ3n) is 2.78. The van der Waals surface area contributed by atoms with Crippen LogP contribution in [0.15, 0.2) is 0 Å². The molecule has 8 nitrogen and oxygen atoms in total. The monoisotopic (exact) mass is 324 g/mol. The highest BCUT2D eigenvalue weighted by molar-refractivity contribution is 7.85. The number of carboxylic acid groups (broad SMARTS) is 1. The lowest BCUT2D eigenvalue weighted by Gasteiger charge is -2.16. The van der Waals surface area contributed by atoms with Crippen molar-refractivity contribution in [1.29, 1.82) is 0 Å². The molecule has 0 rings (SSSR count). The number of carbonyl (C=O) groups is 2. The van der Waals surface area contributed by atoms with E-state index in [1.165, 1.54) is 0 Å². The van der Waals surface area contributed by atoms with E-state index in [0.717, 1.165) is 0 Å². The summed E-state index contributed by atoms with van der Waals surface area (Å²) in [4.78, 5) is 23.5. The van der Waals surface area contributed by atoms with Crippen molar-refractivity contribution in [2.45, 2.75) is 32.1 Å². The van der Waals surface area contributed by atoms with E-state index in [-0.39, 0.29) is 24.5 Å². The Balaban J connectivity index is 3.52. The van der Waals surface area contributed by atoms with Gasteiger partial charge in [0.2, 0.25) is 5.91 Å². The molecule has 0 radical (unpaired) electrons. The number of hydrogen-bond donors (Lipinski definition) is 3. The van der Waals surface area contributed by atoms with Crippen LogP contribution in [-0.4, -0.2) is 67.3 Å². The molecule has 0 unspecified atom stereocenters. The van der Waals surface area contributed by atoms with Gasteiger partial charge in [0.25, 0.3) is 10.1 Å². The van der Waals surface area contributed by atoms with Gasteiger partial charge < -0.3 is 15.3 Å². The molecule has 0 aromatic carbocycles. The Labute approximate surface area is 125 Å². The van der Waals surface area contributed by atoms with Crippen LogP contribution in [0.5, 0.6) is 0 Å². The van der Waals surface area contributed by atoms with Crippen LogP contribution in [0.1, 0.15) is 32.1 Å². The molecule has 21 heavy (non-hydrogen) atoms. The second-order valence-electron chi connectivity index (χ2n) is 4.89. The van der Waals surface area contributed by atoms with Gasteiger partial charge in [0.15, 0.2) is 0 Å². The molecule has 1 amide bonds. The van der Waals surface area contributed by atoms with Crippen molar-refractivity contribution in [3.63, 3.8) is 0 Å². The largest absolute Gasteiger partial charge is 0.481 e. The lowest BCUT2D eigenvalue weighted by atomic mass is 10.2. The number of nitrogens with zero attached hydrogens (tertiary/aromatic N) is 1. The van der Waals surface area contributed by atoms with Crippen LogP contribution >= 0.6 is 0 Å². The van der Waals surface area contributed by atoms with Crippen LogP contribution in [0.3, 0.4) is 0 Å². The van der Waals surface area contributed by atoms with Crippen LogP contribution in [0.4, 0.5) is 0 Å². The first-order valence-corrected chi connectivity index (χ1v) is 8.44. The highest BCUT2D eigenvalue weighted by Gasteiger charge is 2.06. The molecule has 3 N–H and O–H groups in total. The van der Waals surface area contributed by atoms with Gasteiger partial charge in [0.1, 0.15) is 0 Å². The average Bonchev–Trinajstić information content (AvgIpc) is 2.32. The SMILES string of the molecule is CN(CCCNC(=O)CCCC(=O)O)CCCS(=O)(=O)O. The lowest BCUT2D eigenvalue weighted by Crippen LogP contribution is -2.29. The smallest absolute Gasteiger partial charge is 0.303 e. The lowest BCUT2D eigenvalue weighted by molar-refractivity contribution is -0.137. The third kappa shape index (κ3) is 15.0. The minimum absolute atomic E-state index is 0.01000. The van der Waals surface area contributed by atoms with Crippen molar-refractivity contribution in [1.82, 2.24) is 10.2 Å². The number of aliphatic carboxylic acids is 1. The molecule has 0 bridgehead atoms. The number of carbonyl (C=O) groups excluding carboxylic acids is 1. The fourth-order valence-corrected chi connectivity index (χ4v) is 2.19. The number of carboxylic acids is 1. The van der Waals surface area contributed by atoms with E-state index in [0.29, 0.717) is 38.9 Å². The summed E-state index contributed by atoms with van der Waals surface area (Å²) >= 11 is 0. The molecule has 0 aliphatic rings. The Bertz CT molecular complexity index is 423. The van der Waals surface area contributed by atoms with E-state index >= 15 is 0 Å². The maximum atomic E-state index is 11.3. The second-order valence-corrected chi connectivity index (χ2v) is 6.47. The summed E-state index contributed by atoms with van der Waals surface area (Å²) in [7, 11) is -2.06. The maximum absolute atomic E-state index is 11.3. The third-order valence-corrected chi connectivity index (χ3v) is 3.58. The molecule has 0 heterocycles. The standard InChI is InChI=1S/C12H24N2O6S/c1-14(9-4-10-21(18,19)20)8-3-7-13-11(15)5-2-6-12(16)17/h2-10H2,1H3,(H,13,15)(H,16,17)(H,18,19,20). The van der Waals surface area contributed by atoms with Crippen LogP contribution < -0.4 is 5.32 Å². The molecule has 0 fully saturated rings. The van der Waals surface area contributed by atoms with Gasteiger partial charge in [-0.1, -0.05) is 0 Å². The highest BCUT2D eigenvalue weighted by Crippen LogP contribution is 1.96. The van der Waals surface area contributed by atoms with Crippen molar-refractivity contribution in [3.8, 4) is 0 Å². The first-order chi connectivity index (χ1) is 9.70. The molecule has 9 heteroatoms. The predicted octanol–water partition coefficient (Wildman–Crippen LogP) is -0.0427. The Morgan fingerprint density at radius 1 is 1.10 bits per heavy atom. The fraction of sp³-hybridized carbons (Fsp3) is 0.833. The zero-order valence-electron chi connectivity index (χ0n) is 12.2. The summed E-state index contributed by atoms with van der Waals surface area (Å²) in [5, 5.41) is 11.1. The van der Waals surface area contributed by atoms with Gasteiger partial charge in [-0.05, 0) is 39.4 Å². The Kier molecular flexibility index (Phi) is 9.93. The number of rotatable bonds is 12. The molecule has 0 saturated carbocycles. The topological polar surface area (TPSA) is 124 Å². The molecular formula is C12H24N2O6S. The van der Waals surface area contributed by atoms with Crippen molar-refractivity contribution >= 4 is 22.0 Å². The molecule has 0 spiro atoms.